The van der Waals surface area contributed by atoms with E-state index in [2.05, 4.69) is 0 Å². The summed E-state index contributed by atoms with van der Waals surface area (Å²) in [7, 11) is 0. The van der Waals surface area contributed by atoms with Crippen LogP contribution in [0.3, 0.4) is 0 Å². The predicted octanol–water partition coefficient (Wildman–Crippen LogP) is 2.52. The van der Waals surface area contributed by atoms with Crippen molar-refractivity contribution in [1.82, 2.24) is 0 Å². The molecule has 1 atom stereocenters. The summed E-state index contributed by atoms with van der Waals surface area (Å²) in [4.78, 5) is -0.0880. The third-order valence-corrected chi connectivity index (χ3v) is 2.63. The number of thiophene rings is 1. The molecule has 1 aromatic heterocycles. The summed E-state index contributed by atoms with van der Waals surface area (Å²) in [5, 5.41) is 10.6. The quantitative estimate of drug-likeness (QED) is 0.731. The highest BCUT2D eigenvalue weighted by Crippen LogP contribution is 2.40. The van der Waals surface area contributed by atoms with Gasteiger partial charge in [0.05, 0.1) is 0 Å². The Balaban J connectivity index is 3.02. The Labute approximate surface area is 71.5 Å². The Morgan fingerprint density at radius 3 is 2.33 bits per heavy atom. The smallest absolute Gasteiger partial charge is 0.376 e. The van der Waals surface area contributed by atoms with E-state index in [4.69, 9.17) is 5.11 Å². The fourth-order valence-electron chi connectivity index (χ4n) is 0.695. The SMILES string of the molecule is CC(O)(c1cccs1)C(F)(F)F. The van der Waals surface area contributed by atoms with Gasteiger partial charge in [-0.1, -0.05) is 6.07 Å². The number of halogens is 3. The molecular formula is C7H7F3OS. The van der Waals surface area contributed by atoms with Gasteiger partial charge in [0.2, 0.25) is 0 Å². The van der Waals surface area contributed by atoms with Gasteiger partial charge < -0.3 is 5.11 Å². The van der Waals surface area contributed by atoms with Crippen LogP contribution in [-0.2, 0) is 5.60 Å². The van der Waals surface area contributed by atoms with Gasteiger partial charge in [0.25, 0.3) is 0 Å². The first-order chi connectivity index (χ1) is 5.36. The number of alkyl halides is 3. The lowest BCUT2D eigenvalue weighted by Gasteiger charge is -2.24. The zero-order chi connectivity index (χ0) is 9.41. The molecule has 1 unspecified atom stereocenters. The van der Waals surface area contributed by atoms with Gasteiger partial charge in [-0.2, -0.15) is 13.2 Å². The van der Waals surface area contributed by atoms with Crippen LogP contribution in [0.4, 0.5) is 13.2 Å². The Hall–Kier alpha value is -0.550. The number of hydrogen-bond acceptors (Lipinski definition) is 2. The molecule has 1 heterocycles. The molecule has 0 aromatic carbocycles. The van der Waals surface area contributed by atoms with Gasteiger partial charge in [0, 0.05) is 4.88 Å². The normalized spacial score (nSPS) is 17.4. The molecule has 1 N–H and O–H groups in total. The Morgan fingerprint density at radius 1 is 1.42 bits per heavy atom. The van der Waals surface area contributed by atoms with Crippen LogP contribution in [0.5, 0.6) is 0 Å². The second kappa shape index (κ2) is 2.74. The van der Waals surface area contributed by atoms with Crippen molar-refractivity contribution < 1.29 is 18.3 Å². The van der Waals surface area contributed by atoms with E-state index in [1.807, 2.05) is 0 Å². The third kappa shape index (κ3) is 1.47. The molecule has 1 rings (SSSR count). The minimum Gasteiger partial charge on any atom is -0.376 e. The summed E-state index contributed by atoms with van der Waals surface area (Å²) in [6, 6.07) is 2.73. The van der Waals surface area contributed by atoms with E-state index in [1.165, 1.54) is 17.5 Å². The first-order valence-corrected chi connectivity index (χ1v) is 4.07. The summed E-state index contributed by atoms with van der Waals surface area (Å²) in [6.07, 6.45) is -4.61. The molecule has 0 fully saturated rings. The minimum absolute atomic E-state index is 0.0880. The van der Waals surface area contributed by atoms with Crippen molar-refractivity contribution in [1.29, 1.82) is 0 Å². The highest BCUT2D eigenvalue weighted by molar-refractivity contribution is 7.10. The fraction of sp³-hybridized carbons (Fsp3) is 0.429. The van der Waals surface area contributed by atoms with Crippen LogP contribution in [-0.4, -0.2) is 11.3 Å². The molecule has 0 bridgehead atoms. The maximum absolute atomic E-state index is 12.2. The lowest BCUT2D eigenvalue weighted by Crippen LogP contribution is -2.38. The van der Waals surface area contributed by atoms with Crippen LogP contribution < -0.4 is 0 Å². The monoisotopic (exact) mass is 196 g/mol. The van der Waals surface area contributed by atoms with Gasteiger partial charge in [-0.15, -0.1) is 11.3 Å². The van der Waals surface area contributed by atoms with Crippen LogP contribution in [0.25, 0.3) is 0 Å². The molecule has 0 saturated heterocycles. The van der Waals surface area contributed by atoms with Crippen LogP contribution in [0.1, 0.15) is 11.8 Å². The van der Waals surface area contributed by atoms with Gasteiger partial charge >= 0.3 is 6.18 Å². The standard InChI is InChI=1S/C7H7F3OS/c1-6(11,7(8,9)10)5-3-2-4-12-5/h2-4,11H,1H3. The maximum Gasteiger partial charge on any atom is 0.421 e. The van der Waals surface area contributed by atoms with E-state index in [0.717, 1.165) is 18.3 Å². The van der Waals surface area contributed by atoms with Gasteiger partial charge in [-0.05, 0) is 18.4 Å². The van der Waals surface area contributed by atoms with Crippen molar-refractivity contribution in [3.05, 3.63) is 22.4 Å². The molecule has 0 spiro atoms. The molecule has 1 aromatic rings. The Morgan fingerprint density at radius 2 is 2.00 bits per heavy atom. The molecule has 0 amide bonds. The summed E-state index contributed by atoms with van der Waals surface area (Å²) in [6.45, 7) is 0.749. The van der Waals surface area contributed by atoms with Crippen molar-refractivity contribution in [2.75, 3.05) is 0 Å². The molecule has 0 saturated carbocycles. The summed E-state index contributed by atoms with van der Waals surface area (Å²) < 4.78 is 36.5. The number of hydrogen-bond donors (Lipinski definition) is 1. The molecule has 0 aliphatic heterocycles. The lowest BCUT2D eigenvalue weighted by molar-refractivity contribution is -0.257. The summed E-state index contributed by atoms with van der Waals surface area (Å²) in [5.74, 6) is 0. The largest absolute Gasteiger partial charge is 0.421 e. The van der Waals surface area contributed by atoms with Gasteiger partial charge in [-0.3, -0.25) is 0 Å². The first-order valence-electron chi connectivity index (χ1n) is 3.19. The van der Waals surface area contributed by atoms with E-state index in [9.17, 15) is 13.2 Å². The van der Waals surface area contributed by atoms with Crippen molar-refractivity contribution >= 4 is 11.3 Å². The summed E-state index contributed by atoms with van der Waals surface area (Å²) >= 11 is 0.887. The van der Waals surface area contributed by atoms with E-state index < -0.39 is 11.8 Å². The van der Waals surface area contributed by atoms with E-state index >= 15 is 0 Å². The zero-order valence-electron chi connectivity index (χ0n) is 6.22. The second-order valence-corrected chi connectivity index (χ2v) is 3.49. The zero-order valence-corrected chi connectivity index (χ0v) is 7.04. The van der Waals surface area contributed by atoms with Crippen molar-refractivity contribution in [3.63, 3.8) is 0 Å². The topological polar surface area (TPSA) is 20.2 Å². The van der Waals surface area contributed by atoms with E-state index in [-0.39, 0.29) is 4.88 Å². The fourth-order valence-corrected chi connectivity index (χ4v) is 1.50. The highest BCUT2D eigenvalue weighted by atomic mass is 32.1. The lowest BCUT2D eigenvalue weighted by atomic mass is 10.1. The summed E-state index contributed by atoms with van der Waals surface area (Å²) in [5.41, 5.74) is -2.72. The predicted molar refractivity (Wildman–Crippen MR) is 39.9 cm³/mol. The van der Waals surface area contributed by atoms with E-state index in [0.29, 0.717) is 0 Å². The average Bonchev–Trinajstić information content (AvgIpc) is 2.34. The molecule has 12 heavy (non-hydrogen) atoms. The molecular weight excluding hydrogens is 189 g/mol. The highest BCUT2D eigenvalue weighted by Gasteiger charge is 2.51. The van der Waals surface area contributed by atoms with Crippen LogP contribution in [0, 0.1) is 0 Å². The second-order valence-electron chi connectivity index (χ2n) is 2.55. The van der Waals surface area contributed by atoms with Gasteiger partial charge in [-0.25, -0.2) is 0 Å². The van der Waals surface area contributed by atoms with Crippen molar-refractivity contribution in [2.45, 2.75) is 18.7 Å². The van der Waals surface area contributed by atoms with Gasteiger partial charge in [0.1, 0.15) is 0 Å². The molecule has 0 radical (unpaired) electrons. The van der Waals surface area contributed by atoms with Crippen LogP contribution in [0.2, 0.25) is 0 Å². The van der Waals surface area contributed by atoms with Crippen LogP contribution >= 0.6 is 11.3 Å². The third-order valence-electron chi connectivity index (χ3n) is 1.55. The minimum atomic E-state index is -4.61. The molecule has 5 heteroatoms. The van der Waals surface area contributed by atoms with E-state index in [1.54, 1.807) is 0 Å². The number of rotatable bonds is 1. The van der Waals surface area contributed by atoms with Crippen molar-refractivity contribution in [3.8, 4) is 0 Å². The molecule has 0 aliphatic rings. The maximum atomic E-state index is 12.2. The molecule has 0 aliphatic carbocycles. The average molecular weight is 196 g/mol. The van der Waals surface area contributed by atoms with Crippen LogP contribution in [0.15, 0.2) is 17.5 Å². The number of aliphatic hydroxyl groups is 1. The Kier molecular flexibility index (Phi) is 2.18. The Bertz CT molecular complexity index is 250. The van der Waals surface area contributed by atoms with Gasteiger partial charge in [0.15, 0.2) is 5.60 Å². The molecule has 1 nitrogen and oxygen atoms in total. The molecule has 68 valence electrons. The first kappa shape index (κ1) is 9.54. The van der Waals surface area contributed by atoms with Crippen molar-refractivity contribution in [2.24, 2.45) is 0 Å².